The maximum atomic E-state index is 13.9. The molecule has 0 saturated carbocycles. The van der Waals surface area contributed by atoms with Crippen molar-refractivity contribution >= 4 is 5.91 Å². The van der Waals surface area contributed by atoms with Gasteiger partial charge in [0, 0.05) is 37.9 Å². The van der Waals surface area contributed by atoms with Crippen LogP contribution in [0, 0.1) is 18.7 Å². The highest BCUT2D eigenvalue weighted by molar-refractivity contribution is 5.92. The highest BCUT2D eigenvalue weighted by atomic mass is 19.1. The van der Waals surface area contributed by atoms with Crippen LogP contribution in [0.4, 0.5) is 4.39 Å². The van der Waals surface area contributed by atoms with Gasteiger partial charge in [-0.05, 0) is 57.7 Å². The minimum absolute atomic E-state index is 0.0869. The van der Waals surface area contributed by atoms with E-state index in [2.05, 4.69) is 10.1 Å². The molecule has 0 bridgehead atoms. The summed E-state index contributed by atoms with van der Waals surface area (Å²) in [4.78, 5) is 17.2. The van der Waals surface area contributed by atoms with Crippen LogP contribution >= 0.6 is 0 Å². The topological polar surface area (TPSA) is 58.8 Å². The monoisotopic (exact) mass is 415 g/mol. The first-order valence-corrected chi connectivity index (χ1v) is 10.9. The number of likely N-dealkylation sites (tertiary alicyclic amines) is 1. The third-order valence-electron chi connectivity index (χ3n) is 6.12. The summed E-state index contributed by atoms with van der Waals surface area (Å²) in [5.41, 5.74) is 1.11. The van der Waals surface area contributed by atoms with E-state index in [-0.39, 0.29) is 17.8 Å². The van der Waals surface area contributed by atoms with Gasteiger partial charge in [-0.25, -0.2) is 4.39 Å². The number of halogens is 1. The molecule has 1 atom stereocenters. The maximum Gasteiger partial charge on any atom is 0.276 e. The number of hydrogen-bond acceptors (Lipinski definition) is 5. The van der Waals surface area contributed by atoms with Gasteiger partial charge in [0.1, 0.15) is 11.6 Å². The molecule has 162 valence electrons. The van der Waals surface area contributed by atoms with Crippen molar-refractivity contribution in [3.63, 3.8) is 0 Å². The lowest BCUT2D eigenvalue weighted by atomic mass is 9.95. The Bertz CT molecular complexity index is 842. The van der Waals surface area contributed by atoms with Crippen molar-refractivity contribution in [2.24, 2.45) is 5.92 Å². The van der Waals surface area contributed by atoms with Crippen molar-refractivity contribution in [1.82, 2.24) is 15.0 Å². The molecule has 4 rings (SSSR count). The second kappa shape index (κ2) is 9.71. The number of aromatic nitrogens is 1. The van der Waals surface area contributed by atoms with Crippen molar-refractivity contribution < 1.29 is 18.4 Å². The van der Waals surface area contributed by atoms with Gasteiger partial charge in [-0.15, -0.1) is 0 Å². The highest BCUT2D eigenvalue weighted by Crippen LogP contribution is 2.23. The molecule has 2 saturated heterocycles. The van der Waals surface area contributed by atoms with Gasteiger partial charge in [0.15, 0.2) is 5.69 Å². The largest absolute Gasteiger partial charge is 0.376 e. The Morgan fingerprint density at radius 3 is 2.70 bits per heavy atom. The van der Waals surface area contributed by atoms with Crippen LogP contribution in [0.25, 0.3) is 0 Å². The summed E-state index contributed by atoms with van der Waals surface area (Å²) in [5.74, 6) is 0.823. The van der Waals surface area contributed by atoms with E-state index in [0.717, 1.165) is 50.9 Å². The number of ether oxygens (including phenoxy) is 1. The predicted octanol–water partition coefficient (Wildman–Crippen LogP) is 3.66. The molecule has 2 aliphatic heterocycles. The average molecular weight is 416 g/mol. The fourth-order valence-corrected chi connectivity index (χ4v) is 4.41. The minimum Gasteiger partial charge on any atom is -0.376 e. The highest BCUT2D eigenvalue weighted by Gasteiger charge is 2.29. The van der Waals surface area contributed by atoms with Gasteiger partial charge in [0.25, 0.3) is 5.91 Å². The third kappa shape index (κ3) is 5.26. The van der Waals surface area contributed by atoms with E-state index in [1.54, 1.807) is 19.1 Å². The summed E-state index contributed by atoms with van der Waals surface area (Å²) >= 11 is 0. The van der Waals surface area contributed by atoms with Crippen LogP contribution < -0.4 is 0 Å². The lowest BCUT2D eigenvalue weighted by molar-refractivity contribution is 0.0437. The molecule has 7 heteroatoms. The van der Waals surface area contributed by atoms with Gasteiger partial charge in [-0.2, -0.15) is 0 Å². The van der Waals surface area contributed by atoms with Gasteiger partial charge >= 0.3 is 0 Å². The molecule has 0 aliphatic carbocycles. The van der Waals surface area contributed by atoms with Crippen molar-refractivity contribution in [1.29, 1.82) is 0 Å². The number of benzene rings is 1. The zero-order valence-corrected chi connectivity index (χ0v) is 17.6. The van der Waals surface area contributed by atoms with E-state index in [1.807, 2.05) is 17.0 Å². The average Bonchev–Trinajstić information content (AvgIpc) is 3.42. The normalized spacial score (nSPS) is 20.5. The summed E-state index contributed by atoms with van der Waals surface area (Å²) in [6.07, 6.45) is 4.11. The zero-order chi connectivity index (χ0) is 20.9. The van der Waals surface area contributed by atoms with E-state index < -0.39 is 0 Å². The molecular weight excluding hydrogens is 385 g/mol. The Balaban J connectivity index is 1.34. The van der Waals surface area contributed by atoms with Gasteiger partial charge in [0.2, 0.25) is 0 Å². The number of nitrogens with zero attached hydrogens (tertiary/aromatic N) is 3. The molecule has 0 radical (unpaired) electrons. The number of amides is 1. The number of piperidine rings is 1. The summed E-state index contributed by atoms with van der Waals surface area (Å²) < 4.78 is 24.8. The van der Waals surface area contributed by atoms with Gasteiger partial charge in [-0.3, -0.25) is 9.69 Å². The molecule has 0 spiro atoms. The number of aryl methyl sites for hydroxylation is 1. The van der Waals surface area contributed by atoms with E-state index in [1.165, 1.54) is 6.07 Å². The zero-order valence-electron chi connectivity index (χ0n) is 17.6. The van der Waals surface area contributed by atoms with E-state index in [4.69, 9.17) is 9.26 Å². The number of hydrogen-bond donors (Lipinski definition) is 0. The summed E-state index contributed by atoms with van der Waals surface area (Å²) in [6.45, 7) is 6.30. The van der Waals surface area contributed by atoms with Crippen LogP contribution in [0.2, 0.25) is 0 Å². The van der Waals surface area contributed by atoms with Crippen LogP contribution in [0.3, 0.4) is 0 Å². The first-order valence-electron chi connectivity index (χ1n) is 10.9. The maximum absolute atomic E-state index is 13.9. The molecule has 6 nitrogen and oxygen atoms in total. The molecule has 0 N–H and O–H groups in total. The standard InChI is InChI=1S/C23H30FN3O3/c1-17-13-22(25-30-17)23(28)27(16-20-6-4-12-29-20)14-18-8-10-26(11-9-18)15-19-5-2-3-7-21(19)24/h2-3,5,7,13,18,20H,4,6,8-12,14-16H2,1H3. The number of rotatable bonds is 7. The molecule has 2 fully saturated rings. The summed E-state index contributed by atoms with van der Waals surface area (Å²) in [5, 5.41) is 3.92. The Hall–Kier alpha value is -2.25. The third-order valence-corrected chi connectivity index (χ3v) is 6.12. The van der Waals surface area contributed by atoms with Gasteiger partial charge in [0.05, 0.1) is 6.10 Å². The van der Waals surface area contributed by atoms with Crippen LogP contribution in [0.5, 0.6) is 0 Å². The molecule has 2 aliphatic rings. The fraction of sp³-hybridized carbons (Fsp3) is 0.565. The Morgan fingerprint density at radius 1 is 1.23 bits per heavy atom. The molecule has 3 heterocycles. The number of carbonyl (C=O) groups is 1. The van der Waals surface area contributed by atoms with Crippen LogP contribution in [0.1, 0.15) is 47.5 Å². The second-order valence-corrected chi connectivity index (χ2v) is 8.48. The second-order valence-electron chi connectivity index (χ2n) is 8.48. The van der Waals surface area contributed by atoms with Crippen LogP contribution in [0.15, 0.2) is 34.9 Å². The van der Waals surface area contributed by atoms with Crippen molar-refractivity contribution in [2.75, 3.05) is 32.8 Å². The predicted molar refractivity (Wildman–Crippen MR) is 111 cm³/mol. The van der Waals surface area contributed by atoms with E-state index in [9.17, 15) is 9.18 Å². The minimum atomic E-state index is -0.143. The first-order chi connectivity index (χ1) is 14.6. The molecule has 1 amide bonds. The van der Waals surface area contributed by atoms with Crippen molar-refractivity contribution in [2.45, 2.75) is 45.3 Å². The van der Waals surface area contributed by atoms with Crippen LogP contribution in [-0.2, 0) is 11.3 Å². The number of carbonyl (C=O) groups excluding carboxylic acids is 1. The van der Waals surface area contributed by atoms with E-state index in [0.29, 0.717) is 37.0 Å². The Morgan fingerprint density at radius 2 is 2.03 bits per heavy atom. The lowest BCUT2D eigenvalue weighted by Gasteiger charge is -2.35. The summed E-state index contributed by atoms with van der Waals surface area (Å²) in [6, 6.07) is 8.67. The van der Waals surface area contributed by atoms with Crippen molar-refractivity contribution in [3.05, 3.63) is 53.2 Å². The fourth-order valence-electron chi connectivity index (χ4n) is 4.41. The van der Waals surface area contributed by atoms with Gasteiger partial charge in [-0.1, -0.05) is 23.4 Å². The molecule has 1 aromatic heterocycles. The summed E-state index contributed by atoms with van der Waals surface area (Å²) in [7, 11) is 0. The molecule has 2 aromatic rings. The van der Waals surface area contributed by atoms with Gasteiger partial charge < -0.3 is 14.2 Å². The van der Waals surface area contributed by atoms with Crippen molar-refractivity contribution in [3.8, 4) is 0 Å². The smallest absolute Gasteiger partial charge is 0.276 e. The van der Waals surface area contributed by atoms with Crippen LogP contribution in [-0.4, -0.2) is 59.8 Å². The Kier molecular flexibility index (Phi) is 6.79. The molecule has 30 heavy (non-hydrogen) atoms. The lowest BCUT2D eigenvalue weighted by Crippen LogP contribution is -2.43. The first kappa shape index (κ1) is 21.0. The quantitative estimate of drug-likeness (QED) is 0.691. The molecular formula is C23H30FN3O3. The SMILES string of the molecule is Cc1cc(C(=O)N(CC2CCN(Cc3ccccc3F)CC2)CC2CCCO2)no1. The Labute approximate surface area is 177 Å². The molecule has 1 unspecified atom stereocenters. The van der Waals surface area contributed by atoms with E-state index >= 15 is 0 Å². The molecule has 1 aromatic carbocycles.